The number of carbonyl (C=O) groups excluding carboxylic acids is 1. The SMILES string of the molecule is CC(C)(C)OC(=O)n1c(C#N)cc2cc(C3(Cc4ccccc4)CCN(Cc4ccccc4)C3)ccc21.[Li][C](C)(C)C. The van der Waals surface area contributed by atoms with Crippen LogP contribution in [0.5, 0.6) is 0 Å². The van der Waals surface area contributed by atoms with Gasteiger partial charge in [0, 0.05) is 23.9 Å². The zero-order valence-electron chi connectivity index (χ0n) is 26.3. The van der Waals surface area contributed by atoms with E-state index in [2.05, 4.69) is 122 Å². The van der Waals surface area contributed by atoms with Gasteiger partial charge in [-0.1, -0.05) is 66.7 Å². The summed E-state index contributed by atoms with van der Waals surface area (Å²) >= 11 is 2.19. The fourth-order valence-corrected chi connectivity index (χ4v) is 5.54. The van der Waals surface area contributed by atoms with Crippen LogP contribution in [0.3, 0.4) is 0 Å². The summed E-state index contributed by atoms with van der Waals surface area (Å²) in [5.74, 6) is 0. The molecular weight excluding hydrogens is 513 g/mol. The molecule has 0 N–H and O–H groups in total. The molecule has 1 aliphatic rings. The molecule has 0 spiro atoms. The second kappa shape index (κ2) is 12.9. The Balaban J connectivity index is 0.000000748. The van der Waals surface area contributed by atoms with Crippen molar-refractivity contribution in [2.24, 2.45) is 0 Å². The standard InChI is InChI=1S/C32H33N3O2.C4H9.Li/c1-31(2,3)37-30(36)35-28(21-33)19-26-18-27(14-15-29(26)35)32(20-24-10-6-4-7-11-24)16-17-34(23-32)22-25-12-8-5-9-13-25;1-4(2)3;/h4-15,18-19H,16-17,20,22-23H2,1-3H3;1-3H3;. The van der Waals surface area contributed by atoms with E-state index in [0.717, 1.165) is 37.9 Å². The van der Waals surface area contributed by atoms with Gasteiger partial charge in [-0.2, -0.15) is 5.26 Å². The fraction of sp³-hybridized carbons (Fsp3) is 0.389. The Morgan fingerprint density at radius 3 is 2.10 bits per heavy atom. The Labute approximate surface area is 260 Å². The second-order valence-electron chi connectivity index (χ2n) is 14.1. The van der Waals surface area contributed by atoms with Gasteiger partial charge in [0.25, 0.3) is 0 Å². The van der Waals surface area contributed by atoms with E-state index in [1.54, 1.807) is 6.07 Å². The molecular formula is C36H42LiN3O2. The maximum atomic E-state index is 13.0. The summed E-state index contributed by atoms with van der Waals surface area (Å²) in [6, 6.07) is 31.5. The molecule has 42 heavy (non-hydrogen) atoms. The van der Waals surface area contributed by atoms with Crippen molar-refractivity contribution >= 4 is 34.7 Å². The summed E-state index contributed by atoms with van der Waals surface area (Å²) in [4.78, 5) is 15.5. The van der Waals surface area contributed by atoms with Crippen LogP contribution in [0.2, 0.25) is 4.09 Å². The van der Waals surface area contributed by atoms with E-state index in [0.29, 0.717) is 9.60 Å². The molecule has 1 fully saturated rings. The summed E-state index contributed by atoms with van der Waals surface area (Å²) in [6.07, 6.45) is 1.45. The van der Waals surface area contributed by atoms with E-state index in [9.17, 15) is 10.1 Å². The molecule has 0 bridgehead atoms. The van der Waals surface area contributed by atoms with Crippen molar-refractivity contribution in [2.75, 3.05) is 13.1 Å². The number of likely N-dealkylation sites (tertiary alicyclic amines) is 1. The van der Waals surface area contributed by atoms with Crippen molar-refractivity contribution in [3.63, 3.8) is 0 Å². The molecule has 2 heterocycles. The summed E-state index contributed by atoms with van der Waals surface area (Å²) in [6.45, 7) is 14.9. The van der Waals surface area contributed by atoms with Crippen molar-refractivity contribution in [1.82, 2.24) is 9.47 Å². The first-order valence-electron chi connectivity index (χ1n) is 14.9. The maximum absolute atomic E-state index is 13.0. The van der Waals surface area contributed by atoms with Gasteiger partial charge in [-0.05, 0) is 75.0 Å². The van der Waals surface area contributed by atoms with Crippen molar-refractivity contribution < 1.29 is 9.53 Å². The molecule has 0 amide bonds. The van der Waals surface area contributed by atoms with Gasteiger partial charge in [0.2, 0.25) is 0 Å². The first-order chi connectivity index (χ1) is 19.8. The molecule has 214 valence electrons. The van der Waals surface area contributed by atoms with Gasteiger partial charge in [-0.15, -0.1) is 0 Å². The Kier molecular flexibility index (Phi) is 9.74. The molecule has 0 aliphatic carbocycles. The first-order valence-corrected chi connectivity index (χ1v) is 14.9. The van der Waals surface area contributed by atoms with Gasteiger partial charge in [-0.3, -0.25) is 4.90 Å². The van der Waals surface area contributed by atoms with Crippen LogP contribution in [0.15, 0.2) is 84.9 Å². The van der Waals surface area contributed by atoms with E-state index < -0.39 is 11.7 Å². The number of nitrogens with zero attached hydrogens (tertiary/aromatic N) is 3. The van der Waals surface area contributed by atoms with Crippen molar-refractivity contribution in [3.8, 4) is 6.07 Å². The van der Waals surface area contributed by atoms with E-state index in [4.69, 9.17) is 4.74 Å². The number of fused-ring (bicyclic) bond motifs is 1. The summed E-state index contributed by atoms with van der Waals surface area (Å²) in [5, 5.41) is 10.7. The van der Waals surface area contributed by atoms with Gasteiger partial charge < -0.3 is 4.74 Å². The van der Waals surface area contributed by atoms with E-state index >= 15 is 0 Å². The number of benzene rings is 3. The molecule has 1 saturated heterocycles. The van der Waals surface area contributed by atoms with Crippen LogP contribution in [0.4, 0.5) is 4.79 Å². The van der Waals surface area contributed by atoms with Crippen molar-refractivity contribution in [2.45, 2.75) is 76.0 Å². The second-order valence-corrected chi connectivity index (χ2v) is 14.1. The number of carbonyl (C=O) groups is 1. The minimum atomic E-state index is -0.647. The van der Waals surface area contributed by atoms with Crippen molar-refractivity contribution in [3.05, 3.63) is 107 Å². The van der Waals surface area contributed by atoms with Gasteiger partial charge >= 0.3 is 48.7 Å². The number of nitriles is 1. The number of aromatic nitrogens is 1. The van der Waals surface area contributed by atoms with Crippen LogP contribution >= 0.6 is 0 Å². The van der Waals surface area contributed by atoms with Crippen LogP contribution in [-0.4, -0.2) is 52.0 Å². The third-order valence-electron chi connectivity index (χ3n) is 7.17. The Bertz CT molecular complexity index is 1540. The topological polar surface area (TPSA) is 58.3 Å². The number of rotatable bonds is 5. The average Bonchev–Trinajstić information content (AvgIpc) is 3.49. The normalized spacial score (nSPS) is 17.4. The molecule has 1 aromatic heterocycles. The van der Waals surface area contributed by atoms with Gasteiger partial charge in [0.1, 0.15) is 17.4 Å². The molecule has 3 aromatic carbocycles. The third-order valence-corrected chi connectivity index (χ3v) is 7.17. The van der Waals surface area contributed by atoms with Crippen LogP contribution in [0.25, 0.3) is 10.9 Å². The molecule has 1 aliphatic heterocycles. The molecule has 4 aromatic rings. The average molecular weight is 556 g/mol. The molecule has 1 unspecified atom stereocenters. The monoisotopic (exact) mass is 555 g/mol. The third kappa shape index (κ3) is 8.39. The number of hydrogen-bond donors (Lipinski definition) is 0. The minimum absolute atomic E-state index is 0.0643. The van der Waals surface area contributed by atoms with Gasteiger partial charge in [-0.25, -0.2) is 9.36 Å². The van der Waals surface area contributed by atoms with Gasteiger partial charge in [0.15, 0.2) is 0 Å². The van der Waals surface area contributed by atoms with Crippen molar-refractivity contribution in [1.29, 1.82) is 5.26 Å². The molecule has 5 nitrogen and oxygen atoms in total. The van der Waals surface area contributed by atoms with E-state index in [1.165, 1.54) is 21.3 Å². The Morgan fingerprint density at radius 2 is 1.52 bits per heavy atom. The fourth-order valence-electron chi connectivity index (χ4n) is 5.54. The summed E-state index contributed by atoms with van der Waals surface area (Å²) < 4.78 is 7.49. The van der Waals surface area contributed by atoms with E-state index in [-0.39, 0.29) is 11.1 Å². The predicted octanol–water partition coefficient (Wildman–Crippen LogP) is 8.06. The van der Waals surface area contributed by atoms with Crippen LogP contribution in [0.1, 0.15) is 70.3 Å². The zero-order valence-corrected chi connectivity index (χ0v) is 26.3. The van der Waals surface area contributed by atoms with Crippen LogP contribution in [0, 0.1) is 11.3 Å². The van der Waals surface area contributed by atoms with Crippen LogP contribution < -0.4 is 0 Å². The number of ether oxygens (including phenoxy) is 1. The quantitative estimate of drug-likeness (QED) is 0.234. The molecule has 1 atom stereocenters. The predicted molar refractivity (Wildman–Crippen MR) is 172 cm³/mol. The Hall–Kier alpha value is -3.28. The summed E-state index contributed by atoms with van der Waals surface area (Å²) in [5.41, 5.74) is 4.15. The molecule has 6 heteroatoms. The van der Waals surface area contributed by atoms with Gasteiger partial charge in [0.05, 0.1) is 5.52 Å². The molecule has 0 radical (unpaired) electrons. The zero-order chi connectivity index (χ0) is 30.5. The van der Waals surface area contributed by atoms with Crippen LogP contribution in [-0.2, 0) is 23.1 Å². The molecule has 0 saturated carbocycles. The summed E-state index contributed by atoms with van der Waals surface area (Å²) in [7, 11) is 0. The Morgan fingerprint density at radius 1 is 0.929 bits per heavy atom. The van der Waals surface area contributed by atoms with E-state index in [1.807, 2.05) is 26.8 Å². The number of hydrogen-bond acceptors (Lipinski definition) is 4. The molecule has 5 rings (SSSR count). The first kappa shape index (κ1) is 31.6.